The van der Waals surface area contributed by atoms with E-state index in [1.54, 1.807) is 4.68 Å². The molecule has 0 unspecified atom stereocenters. The number of amides is 1. The van der Waals surface area contributed by atoms with Gasteiger partial charge in [0.15, 0.2) is 0 Å². The molecule has 2 aromatic carbocycles. The highest BCUT2D eigenvalue weighted by Crippen LogP contribution is 2.24. The van der Waals surface area contributed by atoms with Crippen molar-refractivity contribution in [3.8, 4) is 16.9 Å². The van der Waals surface area contributed by atoms with Crippen LogP contribution in [0.25, 0.3) is 16.9 Å². The SMILES string of the molecule is CCCNC(=O)c1cc(-c2ccc(C)c(C)c2)nn1-c1ccccc1. The molecule has 4 nitrogen and oxygen atoms in total. The maximum Gasteiger partial charge on any atom is 0.270 e. The average molecular weight is 333 g/mol. The zero-order chi connectivity index (χ0) is 17.8. The smallest absolute Gasteiger partial charge is 0.270 e. The minimum absolute atomic E-state index is 0.103. The minimum atomic E-state index is -0.103. The Morgan fingerprint density at radius 3 is 2.48 bits per heavy atom. The van der Waals surface area contributed by atoms with E-state index in [9.17, 15) is 4.79 Å². The van der Waals surface area contributed by atoms with Crippen molar-refractivity contribution >= 4 is 5.91 Å². The van der Waals surface area contributed by atoms with Gasteiger partial charge in [-0.2, -0.15) is 5.10 Å². The largest absolute Gasteiger partial charge is 0.351 e. The molecule has 4 heteroatoms. The van der Waals surface area contributed by atoms with Crippen LogP contribution in [-0.4, -0.2) is 22.2 Å². The summed E-state index contributed by atoms with van der Waals surface area (Å²) in [7, 11) is 0. The summed E-state index contributed by atoms with van der Waals surface area (Å²) < 4.78 is 1.72. The van der Waals surface area contributed by atoms with Crippen molar-refractivity contribution in [1.29, 1.82) is 0 Å². The molecule has 25 heavy (non-hydrogen) atoms. The van der Waals surface area contributed by atoms with Crippen LogP contribution in [0.5, 0.6) is 0 Å². The van der Waals surface area contributed by atoms with E-state index < -0.39 is 0 Å². The third-order valence-corrected chi connectivity index (χ3v) is 4.28. The van der Waals surface area contributed by atoms with Crippen LogP contribution in [0.3, 0.4) is 0 Å². The van der Waals surface area contributed by atoms with Crippen molar-refractivity contribution in [2.45, 2.75) is 27.2 Å². The first-order valence-corrected chi connectivity index (χ1v) is 8.61. The average Bonchev–Trinajstić information content (AvgIpc) is 3.08. The maximum atomic E-state index is 12.6. The van der Waals surface area contributed by atoms with Crippen LogP contribution in [0.4, 0.5) is 0 Å². The molecule has 0 aliphatic rings. The van der Waals surface area contributed by atoms with Crippen molar-refractivity contribution in [2.75, 3.05) is 6.54 Å². The molecule has 1 amide bonds. The molecule has 3 aromatic rings. The molecule has 0 spiro atoms. The van der Waals surface area contributed by atoms with Gasteiger partial charge in [0.05, 0.1) is 11.4 Å². The first-order chi connectivity index (χ1) is 12.1. The standard InChI is InChI=1S/C21H23N3O/c1-4-12-22-21(25)20-14-19(17-11-10-15(2)16(3)13-17)23-24(20)18-8-6-5-7-9-18/h5-11,13-14H,4,12H2,1-3H3,(H,22,25). The topological polar surface area (TPSA) is 46.9 Å². The van der Waals surface area contributed by atoms with Crippen LogP contribution in [0.1, 0.15) is 35.0 Å². The van der Waals surface area contributed by atoms with Gasteiger partial charge in [-0.05, 0) is 55.7 Å². The first-order valence-electron chi connectivity index (χ1n) is 8.61. The van der Waals surface area contributed by atoms with E-state index in [2.05, 4.69) is 31.3 Å². The molecule has 0 aliphatic carbocycles. The van der Waals surface area contributed by atoms with E-state index in [1.165, 1.54) is 11.1 Å². The molecule has 1 aromatic heterocycles. The molecule has 0 radical (unpaired) electrons. The summed E-state index contributed by atoms with van der Waals surface area (Å²) in [6.45, 7) is 6.86. The number of hydrogen-bond donors (Lipinski definition) is 1. The molecule has 0 bridgehead atoms. The van der Waals surface area contributed by atoms with E-state index in [4.69, 9.17) is 5.10 Å². The molecule has 1 N–H and O–H groups in total. The van der Waals surface area contributed by atoms with Gasteiger partial charge in [-0.1, -0.05) is 37.3 Å². The molecule has 0 aliphatic heterocycles. The number of nitrogens with one attached hydrogen (secondary N) is 1. The van der Waals surface area contributed by atoms with Gasteiger partial charge in [-0.3, -0.25) is 4.79 Å². The summed E-state index contributed by atoms with van der Waals surface area (Å²) in [5.74, 6) is -0.103. The molecule has 128 valence electrons. The summed E-state index contributed by atoms with van der Waals surface area (Å²) in [6, 6.07) is 17.9. The Morgan fingerprint density at radius 1 is 1.04 bits per heavy atom. The van der Waals surface area contributed by atoms with E-state index in [-0.39, 0.29) is 5.91 Å². The fourth-order valence-electron chi connectivity index (χ4n) is 2.68. The molecule has 0 saturated heterocycles. The van der Waals surface area contributed by atoms with E-state index in [1.807, 2.05) is 49.4 Å². The second-order valence-electron chi connectivity index (χ2n) is 6.22. The van der Waals surface area contributed by atoms with Crippen molar-refractivity contribution in [1.82, 2.24) is 15.1 Å². The van der Waals surface area contributed by atoms with Crippen LogP contribution in [0.2, 0.25) is 0 Å². The third kappa shape index (κ3) is 3.63. The lowest BCUT2D eigenvalue weighted by Gasteiger charge is -2.07. The van der Waals surface area contributed by atoms with E-state index in [0.29, 0.717) is 12.2 Å². The molecular weight excluding hydrogens is 310 g/mol. The fourth-order valence-corrected chi connectivity index (χ4v) is 2.68. The number of nitrogens with zero attached hydrogens (tertiary/aromatic N) is 2. The lowest BCUT2D eigenvalue weighted by molar-refractivity contribution is 0.0946. The zero-order valence-electron chi connectivity index (χ0n) is 14.9. The summed E-state index contributed by atoms with van der Waals surface area (Å²) in [5, 5.41) is 7.65. The lowest BCUT2D eigenvalue weighted by Crippen LogP contribution is -2.26. The Balaban J connectivity index is 2.07. The van der Waals surface area contributed by atoms with Gasteiger partial charge >= 0.3 is 0 Å². The predicted molar refractivity (Wildman–Crippen MR) is 101 cm³/mol. The fraction of sp³-hybridized carbons (Fsp3) is 0.238. The van der Waals surface area contributed by atoms with Gasteiger partial charge in [-0.25, -0.2) is 4.68 Å². The van der Waals surface area contributed by atoms with Gasteiger partial charge in [0.1, 0.15) is 5.69 Å². The molecule has 3 rings (SSSR count). The predicted octanol–water partition coefficient (Wildman–Crippen LogP) is 4.30. The lowest BCUT2D eigenvalue weighted by atomic mass is 10.0. The highest BCUT2D eigenvalue weighted by molar-refractivity contribution is 5.94. The van der Waals surface area contributed by atoms with Gasteiger partial charge < -0.3 is 5.32 Å². The molecule has 0 fully saturated rings. The van der Waals surface area contributed by atoms with Crippen LogP contribution in [-0.2, 0) is 0 Å². The van der Waals surface area contributed by atoms with Gasteiger partial charge in [0, 0.05) is 12.1 Å². The second kappa shape index (κ2) is 7.34. The van der Waals surface area contributed by atoms with Gasteiger partial charge in [-0.15, -0.1) is 0 Å². The van der Waals surface area contributed by atoms with Crippen LogP contribution >= 0.6 is 0 Å². The van der Waals surface area contributed by atoms with Crippen LogP contribution < -0.4 is 5.32 Å². The number of hydrogen-bond acceptors (Lipinski definition) is 2. The number of aryl methyl sites for hydroxylation is 2. The minimum Gasteiger partial charge on any atom is -0.351 e. The number of carbonyl (C=O) groups excluding carboxylic acids is 1. The number of benzene rings is 2. The number of carbonyl (C=O) groups is 1. The molecule has 0 atom stereocenters. The van der Waals surface area contributed by atoms with Crippen LogP contribution in [0, 0.1) is 13.8 Å². The van der Waals surface area contributed by atoms with Gasteiger partial charge in [0.2, 0.25) is 0 Å². The van der Waals surface area contributed by atoms with Crippen LogP contribution in [0.15, 0.2) is 54.6 Å². The molecule has 0 saturated carbocycles. The Hall–Kier alpha value is -2.88. The Labute approximate surface area is 148 Å². The summed E-state index contributed by atoms with van der Waals surface area (Å²) in [6.07, 6.45) is 0.898. The monoisotopic (exact) mass is 333 g/mol. The third-order valence-electron chi connectivity index (χ3n) is 4.28. The maximum absolute atomic E-state index is 12.6. The summed E-state index contributed by atoms with van der Waals surface area (Å²) in [4.78, 5) is 12.6. The van der Waals surface area contributed by atoms with E-state index >= 15 is 0 Å². The van der Waals surface area contributed by atoms with Gasteiger partial charge in [0.25, 0.3) is 5.91 Å². The van der Waals surface area contributed by atoms with Crippen molar-refractivity contribution in [2.24, 2.45) is 0 Å². The van der Waals surface area contributed by atoms with Crippen molar-refractivity contribution in [3.05, 3.63) is 71.4 Å². The zero-order valence-corrected chi connectivity index (χ0v) is 14.9. The second-order valence-corrected chi connectivity index (χ2v) is 6.22. The first kappa shape index (κ1) is 17.0. The molecular formula is C21H23N3O. The number of para-hydroxylation sites is 1. The highest BCUT2D eigenvalue weighted by Gasteiger charge is 2.17. The number of rotatable bonds is 5. The quantitative estimate of drug-likeness (QED) is 0.757. The number of aromatic nitrogens is 2. The Morgan fingerprint density at radius 2 is 1.80 bits per heavy atom. The van der Waals surface area contributed by atoms with E-state index in [0.717, 1.165) is 23.4 Å². The van der Waals surface area contributed by atoms with Crippen molar-refractivity contribution < 1.29 is 4.79 Å². The summed E-state index contributed by atoms with van der Waals surface area (Å²) >= 11 is 0. The normalized spacial score (nSPS) is 10.7. The Bertz CT molecular complexity index is 881. The van der Waals surface area contributed by atoms with Crippen molar-refractivity contribution in [3.63, 3.8) is 0 Å². The summed E-state index contributed by atoms with van der Waals surface area (Å²) in [5.41, 5.74) is 5.69. The highest BCUT2D eigenvalue weighted by atomic mass is 16.2. The molecule has 1 heterocycles. The Kier molecular flexibility index (Phi) is 4.98.